The molecule has 0 saturated heterocycles. The summed E-state index contributed by atoms with van der Waals surface area (Å²) in [4.78, 5) is 29.2. The summed E-state index contributed by atoms with van der Waals surface area (Å²) in [5.41, 5.74) is 1.50. The normalized spacial score (nSPS) is 12.6. The maximum Gasteiger partial charge on any atom is 0.244 e. The fourth-order valence-electron chi connectivity index (χ4n) is 4.37. The monoisotopic (exact) mass is 599 g/mol. The average molecular weight is 600 g/mol. The molecule has 2 atom stereocenters. The van der Waals surface area contributed by atoms with E-state index in [1.807, 2.05) is 44.2 Å². The molecule has 0 aliphatic carbocycles. The molecule has 0 radical (unpaired) electrons. The summed E-state index contributed by atoms with van der Waals surface area (Å²) < 4.78 is 51.5. The smallest absolute Gasteiger partial charge is 0.244 e. The number of nitrogens with zero attached hydrogens (tertiary/aromatic N) is 2. The first-order valence-electron chi connectivity index (χ1n) is 13.5. The summed E-state index contributed by atoms with van der Waals surface area (Å²) in [7, 11) is -1.18. The molecular formula is C31H38FN3O6S. The standard InChI is InChI=1S/C31H38FN3O6S/c1-6-22(2)33-31(37)28(18-23-10-8-7-9-11-23)34(20-24-12-14-25(32)15-13-24)30(36)21-35(42(5,38)39)27-19-26(40-3)16-17-29(27)41-4/h7-17,19,22,28H,6,18,20-21H2,1-5H3,(H,33,37)/t22-,28-/m0/s1. The van der Waals surface area contributed by atoms with Gasteiger partial charge in [0, 0.05) is 25.1 Å². The molecule has 42 heavy (non-hydrogen) atoms. The van der Waals surface area contributed by atoms with Gasteiger partial charge >= 0.3 is 0 Å². The number of sulfonamides is 1. The maximum atomic E-state index is 14.2. The van der Waals surface area contributed by atoms with Crippen molar-refractivity contribution in [3.8, 4) is 11.5 Å². The van der Waals surface area contributed by atoms with Gasteiger partial charge in [-0.25, -0.2) is 12.8 Å². The molecule has 3 aromatic carbocycles. The maximum absolute atomic E-state index is 14.2. The Labute approximate surface area is 247 Å². The number of ether oxygens (including phenoxy) is 2. The van der Waals surface area contributed by atoms with E-state index in [0.29, 0.717) is 17.7 Å². The third-order valence-corrected chi connectivity index (χ3v) is 8.00. The van der Waals surface area contributed by atoms with Gasteiger partial charge in [0.15, 0.2) is 0 Å². The van der Waals surface area contributed by atoms with Crippen LogP contribution in [0.1, 0.15) is 31.4 Å². The third kappa shape index (κ3) is 8.69. The second-order valence-electron chi connectivity index (χ2n) is 9.98. The zero-order chi connectivity index (χ0) is 30.9. The number of hydrogen-bond donors (Lipinski definition) is 1. The lowest BCUT2D eigenvalue weighted by atomic mass is 10.0. The van der Waals surface area contributed by atoms with Crippen LogP contribution in [-0.2, 0) is 32.6 Å². The summed E-state index contributed by atoms with van der Waals surface area (Å²) in [6, 6.07) is 18.3. The zero-order valence-corrected chi connectivity index (χ0v) is 25.4. The van der Waals surface area contributed by atoms with Gasteiger partial charge < -0.3 is 19.7 Å². The van der Waals surface area contributed by atoms with Crippen molar-refractivity contribution >= 4 is 27.5 Å². The van der Waals surface area contributed by atoms with Gasteiger partial charge in [-0.2, -0.15) is 0 Å². The third-order valence-electron chi connectivity index (χ3n) is 6.87. The van der Waals surface area contributed by atoms with Gasteiger partial charge in [-0.1, -0.05) is 49.4 Å². The molecule has 226 valence electrons. The molecule has 0 aromatic heterocycles. The Morgan fingerprint density at radius 2 is 1.62 bits per heavy atom. The van der Waals surface area contributed by atoms with Gasteiger partial charge in [-0.15, -0.1) is 0 Å². The van der Waals surface area contributed by atoms with Crippen LogP contribution in [0, 0.1) is 5.82 Å². The van der Waals surface area contributed by atoms with Crippen LogP contribution < -0.4 is 19.1 Å². The van der Waals surface area contributed by atoms with Crippen molar-refractivity contribution in [2.75, 3.05) is 31.3 Å². The second kappa shape index (κ2) is 14.7. The molecule has 2 amide bonds. The first-order valence-corrected chi connectivity index (χ1v) is 15.4. The minimum atomic E-state index is -4.01. The molecule has 0 saturated carbocycles. The van der Waals surface area contributed by atoms with Crippen LogP contribution >= 0.6 is 0 Å². The number of carbonyl (C=O) groups is 2. The van der Waals surface area contributed by atoms with Gasteiger partial charge in [0.2, 0.25) is 21.8 Å². The SMILES string of the molecule is CC[C@H](C)NC(=O)[C@H](Cc1ccccc1)N(Cc1ccc(F)cc1)C(=O)CN(c1cc(OC)ccc1OC)S(C)(=O)=O. The largest absolute Gasteiger partial charge is 0.497 e. The zero-order valence-electron chi connectivity index (χ0n) is 24.5. The van der Waals surface area contributed by atoms with Crippen LogP contribution in [0.15, 0.2) is 72.8 Å². The Kier molecular flexibility index (Phi) is 11.3. The fourth-order valence-corrected chi connectivity index (χ4v) is 5.21. The number of amides is 2. The first kappa shape index (κ1) is 32.4. The van der Waals surface area contributed by atoms with E-state index in [1.165, 1.54) is 49.5 Å². The topological polar surface area (TPSA) is 105 Å². The molecule has 0 heterocycles. The first-order chi connectivity index (χ1) is 20.0. The molecule has 0 fully saturated rings. The summed E-state index contributed by atoms with van der Waals surface area (Å²) in [6.45, 7) is 3.12. The van der Waals surface area contributed by atoms with Crippen LogP contribution in [0.3, 0.4) is 0 Å². The molecule has 11 heteroatoms. The van der Waals surface area contributed by atoms with Crippen molar-refractivity contribution in [2.24, 2.45) is 0 Å². The minimum Gasteiger partial charge on any atom is -0.497 e. The van der Waals surface area contributed by atoms with E-state index >= 15 is 0 Å². The number of nitrogens with one attached hydrogen (secondary N) is 1. The van der Waals surface area contributed by atoms with E-state index in [9.17, 15) is 22.4 Å². The van der Waals surface area contributed by atoms with E-state index in [4.69, 9.17) is 9.47 Å². The highest BCUT2D eigenvalue weighted by atomic mass is 32.2. The molecule has 9 nitrogen and oxygen atoms in total. The lowest BCUT2D eigenvalue weighted by molar-refractivity contribution is -0.140. The number of hydrogen-bond acceptors (Lipinski definition) is 6. The Balaban J connectivity index is 2.11. The number of halogens is 1. The van der Waals surface area contributed by atoms with Crippen LogP contribution in [0.4, 0.5) is 10.1 Å². The van der Waals surface area contributed by atoms with E-state index < -0.39 is 34.3 Å². The average Bonchev–Trinajstić information content (AvgIpc) is 2.97. The molecule has 3 rings (SSSR count). The summed E-state index contributed by atoms with van der Waals surface area (Å²) in [5.74, 6) is -0.872. The molecule has 0 bridgehead atoms. The van der Waals surface area contributed by atoms with Crippen LogP contribution in [-0.4, -0.2) is 64.2 Å². The molecule has 1 N–H and O–H groups in total. The number of rotatable bonds is 14. The van der Waals surface area contributed by atoms with E-state index in [-0.39, 0.29) is 36.4 Å². The van der Waals surface area contributed by atoms with Crippen molar-refractivity contribution in [1.82, 2.24) is 10.2 Å². The van der Waals surface area contributed by atoms with Crippen LogP contribution in [0.2, 0.25) is 0 Å². The van der Waals surface area contributed by atoms with E-state index in [0.717, 1.165) is 16.1 Å². The Morgan fingerprint density at radius 1 is 0.952 bits per heavy atom. The van der Waals surface area contributed by atoms with Crippen LogP contribution in [0.5, 0.6) is 11.5 Å². The highest BCUT2D eigenvalue weighted by Gasteiger charge is 2.34. The molecule has 3 aromatic rings. The van der Waals surface area contributed by atoms with Gasteiger partial charge in [0.05, 0.1) is 26.2 Å². The highest BCUT2D eigenvalue weighted by molar-refractivity contribution is 7.92. The fraction of sp³-hybridized carbons (Fsp3) is 0.355. The van der Waals surface area contributed by atoms with E-state index in [2.05, 4.69) is 5.32 Å². The second-order valence-corrected chi connectivity index (χ2v) is 11.9. The molecule has 0 aliphatic heterocycles. The molecular weight excluding hydrogens is 561 g/mol. The minimum absolute atomic E-state index is 0.0581. The molecule has 0 aliphatic rings. The summed E-state index contributed by atoms with van der Waals surface area (Å²) >= 11 is 0. The highest BCUT2D eigenvalue weighted by Crippen LogP contribution is 2.34. The summed E-state index contributed by atoms with van der Waals surface area (Å²) in [5, 5.41) is 2.97. The van der Waals surface area contributed by atoms with Crippen molar-refractivity contribution in [1.29, 1.82) is 0 Å². The van der Waals surface area contributed by atoms with Crippen molar-refractivity contribution in [3.63, 3.8) is 0 Å². The Hall–Kier alpha value is -4.12. The Bertz CT molecular complexity index is 1450. The number of carbonyl (C=O) groups excluding carboxylic acids is 2. The van der Waals surface area contributed by atoms with Gasteiger partial charge in [-0.05, 0) is 48.7 Å². The number of methoxy groups -OCH3 is 2. The predicted molar refractivity (Wildman–Crippen MR) is 161 cm³/mol. The Morgan fingerprint density at radius 3 is 2.19 bits per heavy atom. The lowest BCUT2D eigenvalue weighted by Gasteiger charge is -2.34. The summed E-state index contributed by atoms with van der Waals surface area (Å²) in [6.07, 6.45) is 1.84. The van der Waals surface area contributed by atoms with Gasteiger partial charge in [-0.3, -0.25) is 13.9 Å². The lowest BCUT2D eigenvalue weighted by Crippen LogP contribution is -2.54. The molecule has 0 spiro atoms. The van der Waals surface area contributed by atoms with Gasteiger partial charge in [0.1, 0.15) is 29.9 Å². The number of benzene rings is 3. The predicted octanol–water partition coefficient (Wildman–Crippen LogP) is 4.16. The quantitative estimate of drug-likeness (QED) is 0.298. The number of anilines is 1. The van der Waals surface area contributed by atoms with Crippen LogP contribution in [0.25, 0.3) is 0 Å². The van der Waals surface area contributed by atoms with Crippen molar-refractivity contribution < 1.29 is 31.9 Å². The van der Waals surface area contributed by atoms with Gasteiger partial charge in [0.25, 0.3) is 0 Å². The molecule has 0 unspecified atom stereocenters. The van der Waals surface area contributed by atoms with Crippen molar-refractivity contribution in [2.45, 2.75) is 45.3 Å². The van der Waals surface area contributed by atoms with E-state index in [1.54, 1.807) is 12.1 Å². The van der Waals surface area contributed by atoms with Crippen molar-refractivity contribution in [3.05, 3.63) is 89.7 Å².